The van der Waals surface area contributed by atoms with Crippen LogP contribution in [0.1, 0.15) is 15.9 Å². The van der Waals surface area contributed by atoms with E-state index in [1.165, 1.54) is 13.2 Å². The van der Waals surface area contributed by atoms with Crippen molar-refractivity contribution in [2.75, 3.05) is 14.2 Å². The van der Waals surface area contributed by atoms with Gasteiger partial charge in [-0.2, -0.15) is 5.26 Å². The van der Waals surface area contributed by atoms with E-state index in [0.29, 0.717) is 0 Å². The van der Waals surface area contributed by atoms with Crippen LogP contribution in [0.2, 0.25) is 0 Å². The molecule has 0 aliphatic rings. The minimum atomic E-state index is -0.728. The van der Waals surface area contributed by atoms with Crippen molar-refractivity contribution in [3.8, 4) is 11.8 Å². The number of rotatable bonds is 3. The van der Waals surface area contributed by atoms with Gasteiger partial charge in [0.15, 0.2) is 11.3 Å². The van der Waals surface area contributed by atoms with E-state index in [2.05, 4.69) is 4.74 Å². The van der Waals surface area contributed by atoms with Crippen LogP contribution in [0.4, 0.5) is 5.69 Å². The molecule has 17 heavy (non-hydrogen) atoms. The van der Waals surface area contributed by atoms with Gasteiger partial charge in [0.2, 0.25) is 0 Å². The van der Waals surface area contributed by atoms with Gasteiger partial charge in [0.25, 0.3) is 5.69 Å². The Kier molecular flexibility index (Phi) is 3.62. The van der Waals surface area contributed by atoms with Gasteiger partial charge in [0.1, 0.15) is 11.6 Å². The van der Waals surface area contributed by atoms with E-state index in [1.54, 1.807) is 6.07 Å². The Balaban J connectivity index is 3.55. The molecule has 88 valence electrons. The highest BCUT2D eigenvalue weighted by molar-refractivity contribution is 5.94. The van der Waals surface area contributed by atoms with Gasteiger partial charge < -0.3 is 9.47 Å². The second-order valence-corrected chi connectivity index (χ2v) is 2.90. The minimum Gasteiger partial charge on any atom is -0.494 e. The lowest BCUT2D eigenvalue weighted by Gasteiger charge is -2.08. The van der Waals surface area contributed by atoms with Crippen molar-refractivity contribution in [3.63, 3.8) is 0 Å². The molecule has 0 aromatic heterocycles. The zero-order chi connectivity index (χ0) is 13.0. The van der Waals surface area contributed by atoms with Crippen LogP contribution in [0.5, 0.6) is 5.75 Å². The van der Waals surface area contributed by atoms with Crippen molar-refractivity contribution < 1.29 is 19.2 Å². The summed E-state index contributed by atoms with van der Waals surface area (Å²) in [6, 6.07) is 3.89. The summed E-state index contributed by atoms with van der Waals surface area (Å²) in [4.78, 5) is 21.3. The summed E-state index contributed by atoms with van der Waals surface area (Å²) in [6.07, 6.45) is 0. The smallest absolute Gasteiger partial charge is 0.341 e. The summed E-state index contributed by atoms with van der Waals surface area (Å²) >= 11 is 0. The first kappa shape index (κ1) is 12.4. The maximum absolute atomic E-state index is 11.4. The topological polar surface area (TPSA) is 102 Å². The molecule has 7 nitrogen and oxygen atoms in total. The van der Waals surface area contributed by atoms with Crippen molar-refractivity contribution in [2.45, 2.75) is 0 Å². The number of nitro groups is 1. The molecule has 7 heteroatoms. The Hall–Kier alpha value is -2.62. The summed E-state index contributed by atoms with van der Waals surface area (Å²) in [5.41, 5.74) is -0.755. The quantitative estimate of drug-likeness (QED) is 0.444. The average Bonchev–Trinajstić information content (AvgIpc) is 2.35. The highest BCUT2D eigenvalue weighted by Crippen LogP contribution is 2.31. The number of carbonyl (C=O) groups is 1. The molecule has 0 fully saturated rings. The van der Waals surface area contributed by atoms with E-state index in [0.717, 1.165) is 13.2 Å². The molecule has 0 bridgehead atoms. The third-order valence-corrected chi connectivity index (χ3v) is 2.05. The number of nitrogens with zero attached hydrogens (tertiary/aromatic N) is 2. The van der Waals surface area contributed by atoms with Crippen LogP contribution >= 0.6 is 0 Å². The van der Waals surface area contributed by atoms with Crippen LogP contribution in [0.15, 0.2) is 12.1 Å². The number of nitro benzene ring substituents is 1. The monoisotopic (exact) mass is 236 g/mol. The number of carbonyl (C=O) groups excluding carboxylic acids is 1. The zero-order valence-corrected chi connectivity index (χ0v) is 9.09. The molecular formula is C10H8N2O5. The predicted molar refractivity (Wildman–Crippen MR) is 55.7 cm³/mol. The Bertz CT molecular complexity index is 518. The molecule has 0 aliphatic heterocycles. The lowest BCUT2D eigenvalue weighted by Crippen LogP contribution is -2.07. The van der Waals surface area contributed by atoms with E-state index < -0.39 is 16.6 Å². The number of esters is 1. The van der Waals surface area contributed by atoms with Crippen molar-refractivity contribution in [3.05, 3.63) is 33.4 Å². The fraction of sp³-hybridized carbons (Fsp3) is 0.200. The van der Waals surface area contributed by atoms with Crippen LogP contribution in [0.3, 0.4) is 0 Å². The second-order valence-electron chi connectivity index (χ2n) is 2.90. The average molecular weight is 236 g/mol. The van der Waals surface area contributed by atoms with Crippen LogP contribution in [0.25, 0.3) is 0 Å². The molecule has 1 aromatic rings. The van der Waals surface area contributed by atoms with Crippen LogP contribution in [0, 0.1) is 21.4 Å². The molecule has 0 radical (unpaired) electrons. The van der Waals surface area contributed by atoms with E-state index >= 15 is 0 Å². The van der Waals surface area contributed by atoms with Crippen molar-refractivity contribution >= 4 is 11.7 Å². The minimum absolute atomic E-state index is 0.0304. The summed E-state index contributed by atoms with van der Waals surface area (Å²) in [7, 11) is 2.38. The summed E-state index contributed by atoms with van der Waals surface area (Å²) in [5.74, 6) is -0.887. The SMILES string of the molecule is COC(=O)c1ccc([N+](=O)[O-])c(C#N)c1OC. The van der Waals surface area contributed by atoms with Crippen molar-refractivity contribution in [1.29, 1.82) is 5.26 Å². The van der Waals surface area contributed by atoms with Gasteiger partial charge >= 0.3 is 5.97 Å². The normalized spacial score (nSPS) is 9.24. The van der Waals surface area contributed by atoms with Crippen molar-refractivity contribution in [2.24, 2.45) is 0 Å². The first-order valence-corrected chi connectivity index (χ1v) is 4.40. The summed E-state index contributed by atoms with van der Waals surface area (Å²) in [6.45, 7) is 0. The van der Waals surface area contributed by atoms with Gasteiger partial charge in [-0.05, 0) is 6.07 Å². The fourth-order valence-electron chi connectivity index (χ4n) is 1.32. The molecule has 0 saturated carbocycles. The first-order chi connectivity index (χ1) is 8.06. The fourth-order valence-corrected chi connectivity index (χ4v) is 1.32. The molecule has 0 atom stereocenters. The first-order valence-electron chi connectivity index (χ1n) is 4.40. The van der Waals surface area contributed by atoms with Gasteiger partial charge in [0.05, 0.1) is 19.1 Å². The highest BCUT2D eigenvalue weighted by atomic mass is 16.6. The number of nitriles is 1. The predicted octanol–water partition coefficient (Wildman–Crippen LogP) is 1.26. The highest BCUT2D eigenvalue weighted by Gasteiger charge is 2.25. The lowest BCUT2D eigenvalue weighted by atomic mass is 10.1. The van der Waals surface area contributed by atoms with Crippen LogP contribution < -0.4 is 4.74 Å². The third kappa shape index (κ3) is 2.15. The zero-order valence-electron chi connectivity index (χ0n) is 9.09. The van der Waals surface area contributed by atoms with E-state index in [4.69, 9.17) is 10.00 Å². The maximum atomic E-state index is 11.4. The molecule has 1 rings (SSSR count). The van der Waals surface area contributed by atoms with E-state index in [-0.39, 0.29) is 16.9 Å². The van der Waals surface area contributed by atoms with Crippen molar-refractivity contribution in [1.82, 2.24) is 0 Å². The van der Waals surface area contributed by atoms with Gasteiger partial charge in [-0.25, -0.2) is 4.79 Å². The number of methoxy groups -OCH3 is 2. The molecule has 0 heterocycles. The number of benzene rings is 1. The second kappa shape index (κ2) is 4.94. The maximum Gasteiger partial charge on any atom is 0.341 e. The summed E-state index contributed by atoms with van der Waals surface area (Å²) < 4.78 is 9.33. The Morgan fingerprint density at radius 3 is 2.53 bits per heavy atom. The number of hydrogen-bond acceptors (Lipinski definition) is 6. The molecular weight excluding hydrogens is 228 g/mol. The van der Waals surface area contributed by atoms with Gasteiger partial charge in [-0.3, -0.25) is 10.1 Å². The molecule has 1 aromatic carbocycles. The Morgan fingerprint density at radius 1 is 1.47 bits per heavy atom. The largest absolute Gasteiger partial charge is 0.494 e. The number of hydrogen-bond donors (Lipinski definition) is 0. The standard InChI is InChI=1S/C10H8N2O5/c1-16-9-6(10(13)17-2)3-4-8(12(14)15)7(9)5-11/h3-4H,1-2H3. The molecule has 0 aliphatic carbocycles. The van der Waals surface area contributed by atoms with Crippen LogP contribution in [-0.2, 0) is 4.74 Å². The molecule has 0 amide bonds. The van der Waals surface area contributed by atoms with E-state index in [1.807, 2.05) is 0 Å². The third-order valence-electron chi connectivity index (χ3n) is 2.05. The Morgan fingerprint density at radius 2 is 2.12 bits per heavy atom. The summed E-state index contributed by atoms with van der Waals surface area (Å²) in [5, 5.41) is 19.6. The van der Waals surface area contributed by atoms with Gasteiger partial charge in [-0.1, -0.05) is 0 Å². The molecule has 0 spiro atoms. The van der Waals surface area contributed by atoms with Gasteiger partial charge in [0, 0.05) is 6.07 Å². The lowest BCUT2D eigenvalue weighted by molar-refractivity contribution is -0.385. The van der Waals surface area contributed by atoms with Crippen LogP contribution in [-0.4, -0.2) is 25.1 Å². The number of ether oxygens (including phenoxy) is 2. The van der Waals surface area contributed by atoms with Gasteiger partial charge in [-0.15, -0.1) is 0 Å². The van der Waals surface area contributed by atoms with E-state index in [9.17, 15) is 14.9 Å². The molecule has 0 saturated heterocycles. The molecule has 0 N–H and O–H groups in total. The molecule has 0 unspecified atom stereocenters. The Labute approximate surface area is 96.3 Å².